The molecule has 90 valence electrons. The molecule has 2 aliphatic carbocycles. The third-order valence-corrected chi connectivity index (χ3v) is 5.01. The van der Waals surface area contributed by atoms with Gasteiger partial charge in [0.05, 0.1) is 16.9 Å². The summed E-state index contributed by atoms with van der Waals surface area (Å²) in [5, 5.41) is 10.4. The largest absolute Gasteiger partial charge is 0.388 e. The first-order valence-corrected chi connectivity index (χ1v) is 6.17. The van der Waals surface area contributed by atoms with Crippen LogP contribution in [-0.4, -0.2) is 27.7 Å². The van der Waals surface area contributed by atoms with Crippen molar-refractivity contribution < 1.29 is 14.7 Å². The number of hydrogen-bond donors (Lipinski definition) is 1. The van der Waals surface area contributed by atoms with Crippen LogP contribution in [0.15, 0.2) is 0 Å². The van der Waals surface area contributed by atoms with E-state index in [-0.39, 0.29) is 16.9 Å². The van der Waals surface area contributed by atoms with Crippen molar-refractivity contribution in [1.29, 1.82) is 0 Å². The Labute approximate surface area is 100 Å². The summed E-state index contributed by atoms with van der Waals surface area (Å²) < 4.78 is 0. The van der Waals surface area contributed by atoms with Gasteiger partial charge in [0, 0.05) is 11.8 Å². The zero-order valence-electron chi connectivity index (χ0n) is 9.62. The summed E-state index contributed by atoms with van der Waals surface area (Å²) in [5.74, 6) is -0.632. The maximum absolute atomic E-state index is 11.9. The standard InChI is InChI=1S/C12H17ClO3/c1-7(14)10-8(13)3-5-11(2)9(15)4-6-12(10,11)16/h8,10,16H,3-6H2,1-2H3/t8-,10+,11-,12+/m1/s1. The Bertz CT molecular complexity index is 354. The molecular weight excluding hydrogens is 228 g/mol. The van der Waals surface area contributed by atoms with Gasteiger partial charge in [-0.15, -0.1) is 11.6 Å². The molecule has 0 unspecified atom stereocenters. The van der Waals surface area contributed by atoms with E-state index in [0.29, 0.717) is 25.7 Å². The molecule has 16 heavy (non-hydrogen) atoms. The molecule has 2 aliphatic rings. The smallest absolute Gasteiger partial charge is 0.141 e. The Morgan fingerprint density at radius 2 is 2.12 bits per heavy atom. The van der Waals surface area contributed by atoms with Crippen LogP contribution in [0, 0.1) is 11.3 Å². The summed E-state index contributed by atoms with van der Waals surface area (Å²) in [7, 11) is 0. The lowest BCUT2D eigenvalue weighted by molar-refractivity contribution is -0.158. The van der Waals surface area contributed by atoms with E-state index in [9.17, 15) is 14.7 Å². The molecule has 0 saturated heterocycles. The first kappa shape index (κ1) is 12.1. The molecule has 0 aromatic heterocycles. The lowest BCUT2D eigenvalue weighted by Crippen LogP contribution is -2.59. The van der Waals surface area contributed by atoms with Gasteiger partial charge in [-0.3, -0.25) is 9.59 Å². The minimum absolute atomic E-state index is 0.0739. The zero-order chi connectivity index (χ0) is 12.1. The van der Waals surface area contributed by atoms with E-state index in [0.717, 1.165) is 0 Å². The average Bonchev–Trinajstić information content (AvgIpc) is 2.41. The first-order valence-electron chi connectivity index (χ1n) is 5.73. The summed E-state index contributed by atoms with van der Waals surface area (Å²) in [6, 6.07) is 0. The summed E-state index contributed by atoms with van der Waals surface area (Å²) in [6.45, 7) is 3.23. The fourth-order valence-electron chi connectivity index (χ4n) is 3.44. The molecule has 0 aliphatic heterocycles. The van der Waals surface area contributed by atoms with Gasteiger partial charge in [-0.1, -0.05) is 0 Å². The van der Waals surface area contributed by atoms with Crippen molar-refractivity contribution in [2.75, 3.05) is 0 Å². The number of halogens is 1. The normalized spacial score (nSPS) is 47.9. The number of alkyl halides is 1. The number of rotatable bonds is 1. The molecular formula is C12H17ClO3. The van der Waals surface area contributed by atoms with Crippen LogP contribution in [-0.2, 0) is 9.59 Å². The summed E-state index contributed by atoms with van der Waals surface area (Å²) in [4.78, 5) is 23.5. The van der Waals surface area contributed by atoms with Crippen molar-refractivity contribution in [3.63, 3.8) is 0 Å². The van der Waals surface area contributed by atoms with E-state index in [1.165, 1.54) is 6.92 Å². The topological polar surface area (TPSA) is 54.4 Å². The molecule has 2 fully saturated rings. The second-order valence-corrected chi connectivity index (χ2v) is 5.88. The molecule has 2 rings (SSSR count). The highest BCUT2D eigenvalue weighted by Crippen LogP contribution is 2.56. The third kappa shape index (κ3) is 1.31. The Balaban J connectivity index is 2.47. The first-order chi connectivity index (χ1) is 7.33. The average molecular weight is 245 g/mol. The Hall–Kier alpha value is -0.410. The van der Waals surface area contributed by atoms with Gasteiger partial charge in [-0.2, -0.15) is 0 Å². The Kier molecular flexibility index (Phi) is 2.67. The van der Waals surface area contributed by atoms with Gasteiger partial charge >= 0.3 is 0 Å². The van der Waals surface area contributed by atoms with Gasteiger partial charge < -0.3 is 5.11 Å². The fourth-order valence-corrected chi connectivity index (χ4v) is 3.93. The molecule has 0 radical (unpaired) electrons. The van der Waals surface area contributed by atoms with E-state index in [2.05, 4.69) is 0 Å². The lowest BCUT2D eigenvalue weighted by atomic mass is 9.59. The molecule has 4 heteroatoms. The van der Waals surface area contributed by atoms with Gasteiger partial charge in [-0.05, 0) is 33.1 Å². The lowest BCUT2D eigenvalue weighted by Gasteiger charge is -2.48. The summed E-state index contributed by atoms with van der Waals surface area (Å²) >= 11 is 6.15. The fraction of sp³-hybridized carbons (Fsp3) is 0.833. The molecule has 0 aromatic rings. The summed E-state index contributed by atoms with van der Waals surface area (Å²) in [6.07, 6.45) is 1.94. The molecule has 0 aromatic carbocycles. The van der Waals surface area contributed by atoms with Crippen molar-refractivity contribution in [2.24, 2.45) is 11.3 Å². The van der Waals surface area contributed by atoms with Crippen LogP contribution >= 0.6 is 11.6 Å². The van der Waals surface area contributed by atoms with Crippen LogP contribution in [0.1, 0.15) is 39.5 Å². The quantitative estimate of drug-likeness (QED) is 0.715. The minimum Gasteiger partial charge on any atom is -0.388 e. The number of aliphatic hydroxyl groups is 1. The van der Waals surface area contributed by atoms with E-state index in [1.807, 2.05) is 0 Å². The predicted molar refractivity (Wildman–Crippen MR) is 60.3 cm³/mol. The highest BCUT2D eigenvalue weighted by atomic mass is 35.5. The molecule has 2 saturated carbocycles. The van der Waals surface area contributed by atoms with E-state index in [4.69, 9.17) is 11.6 Å². The van der Waals surface area contributed by atoms with Crippen LogP contribution in [0.4, 0.5) is 0 Å². The maximum Gasteiger partial charge on any atom is 0.141 e. The molecule has 0 amide bonds. The molecule has 0 bridgehead atoms. The highest BCUT2D eigenvalue weighted by Gasteiger charge is 2.64. The van der Waals surface area contributed by atoms with Gasteiger partial charge in [0.2, 0.25) is 0 Å². The second kappa shape index (κ2) is 3.54. The number of carbonyl (C=O) groups excluding carboxylic acids is 2. The highest BCUT2D eigenvalue weighted by molar-refractivity contribution is 6.22. The minimum atomic E-state index is -1.22. The zero-order valence-corrected chi connectivity index (χ0v) is 10.4. The number of fused-ring (bicyclic) bond motifs is 1. The summed E-state index contributed by atoms with van der Waals surface area (Å²) in [5.41, 5.74) is -1.99. The third-order valence-electron chi connectivity index (χ3n) is 4.54. The number of hydrogen-bond acceptors (Lipinski definition) is 3. The van der Waals surface area contributed by atoms with E-state index in [1.54, 1.807) is 6.92 Å². The second-order valence-electron chi connectivity index (χ2n) is 5.32. The van der Waals surface area contributed by atoms with Crippen molar-refractivity contribution in [2.45, 2.75) is 50.5 Å². The molecule has 1 N–H and O–H groups in total. The number of carbonyl (C=O) groups is 2. The van der Waals surface area contributed by atoms with Gasteiger partial charge in [0.25, 0.3) is 0 Å². The Morgan fingerprint density at radius 1 is 1.50 bits per heavy atom. The van der Waals surface area contributed by atoms with Gasteiger partial charge in [-0.25, -0.2) is 0 Å². The maximum atomic E-state index is 11.9. The van der Waals surface area contributed by atoms with E-state index < -0.39 is 16.9 Å². The van der Waals surface area contributed by atoms with Crippen molar-refractivity contribution >= 4 is 23.2 Å². The van der Waals surface area contributed by atoms with Crippen LogP contribution in [0.25, 0.3) is 0 Å². The van der Waals surface area contributed by atoms with Gasteiger partial charge in [0.1, 0.15) is 11.6 Å². The van der Waals surface area contributed by atoms with Crippen LogP contribution < -0.4 is 0 Å². The predicted octanol–water partition coefficient (Wildman–Crippen LogP) is 1.69. The number of Topliss-reactive ketones (excluding diaryl/α,β-unsaturated/α-hetero) is 2. The SMILES string of the molecule is CC(=O)[C@H]1[C@H](Cl)CC[C@]2(C)C(=O)CC[C@]12O. The van der Waals surface area contributed by atoms with Crippen molar-refractivity contribution in [3.8, 4) is 0 Å². The molecule has 4 atom stereocenters. The van der Waals surface area contributed by atoms with Gasteiger partial charge in [0.15, 0.2) is 0 Å². The van der Waals surface area contributed by atoms with Crippen molar-refractivity contribution in [3.05, 3.63) is 0 Å². The van der Waals surface area contributed by atoms with Crippen molar-refractivity contribution in [1.82, 2.24) is 0 Å². The monoisotopic (exact) mass is 244 g/mol. The van der Waals surface area contributed by atoms with Crippen LogP contribution in [0.5, 0.6) is 0 Å². The Morgan fingerprint density at radius 3 is 2.69 bits per heavy atom. The number of ketones is 2. The molecule has 3 nitrogen and oxygen atoms in total. The molecule has 0 spiro atoms. The van der Waals surface area contributed by atoms with E-state index >= 15 is 0 Å². The van der Waals surface area contributed by atoms with Crippen LogP contribution in [0.2, 0.25) is 0 Å². The van der Waals surface area contributed by atoms with Crippen LogP contribution in [0.3, 0.4) is 0 Å². The molecule has 0 heterocycles.